The molecule has 0 amide bonds. The summed E-state index contributed by atoms with van der Waals surface area (Å²) in [6, 6.07) is 37.4. The van der Waals surface area contributed by atoms with Crippen LogP contribution in [0.3, 0.4) is 0 Å². The molecule has 4 aromatic carbocycles. The van der Waals surface area contributed by atoms with Gasteiger partial charge < -0.3 is 18.3 Å². The van der Waals surface area contributed by atoms with Gasteiger partial charge in [-0.2, -0.15) is 6.07 Å². The van der Waals surface area contributed by atoms with E-state index in [0.29, 0.717) is 16.0 Å². The average Bonchev–Trinajstić information content (AvgIpc) is 3.55. The van der Waals surface area contributed by atoms with Gasteiger partial charge in [-0.25, -0.2) is 4.98 Å². The van der Waals surface area contributed by atoms with E-state index in [1.165, 1.54) is 27.9 Å². The first-order valence-corrected chi connectivity index (χ1v) is 15.7. The summed E-state index contributed by atoms with van der Waals surface area (Å²) in [5, 5.41) is 2.29. The van der Waals surface area contributed by atoms with Crippen LogP contribution in [0.5, 0.6) is 11.5 Å². The number of quaternary nitrogens is 2. The molecule has 2 aromatic heterocycles. The summed E-state index contributed by atoms with van der Waals surface area (Å²) in [6.45, 7) is 17.0. The van der Waals surface area contributed by atoms with E-state index in [1.54, 1.807) is 0 Å². The maximum Gasteiger partial charge on any atom is 0.179 e. The Hall–Kier alpha value is -3.76. The minimum atomic E-state index is -0.0673. The van der Waals surface area contributed by atoms with Crippen LogP contribution in [0, 0.1) is 18.8 Å². The molecular weight excluding hydrogens is 748 g/mol. The van der Waals surface area contributed by atoms with E-state index in [-0.39, 0.29) is 31.9 Å². The Morgan fingerprint density at radius 1 is 0.761 bits per heavy atom. The molecule has 0 aliphatic carbocycles. The Bertz CT molecular complexity index is 2090. The fourth-order valence-corrected chi connectivity index (χ4v) is 7.17. The van der Waals surface area contributed by atoms with Crippen LogP contribution in [0.1, 0.15) is 52.7 Å². The van der Waals surface area contributed by atoms with Gasteiger partial charge in [-0.15, -0.1) is 35.9 Å². The quantitative estimate of drug-likeness (QED) is 0.132. The normalized spacial score (nSPS) is 20.3. The predicted molar refractivity (Wildman–Crippen MR) is 185 cm³/mol. The van der Waals surface area contributed by atoms with Gasteiger partial charge in [0.2, 0.25) is 0 Å². The average molecular weight is 787 g/mol. The number of pyridine rings is 1. The molecule has 6 heteroatoms. The molecule has 3 aliphatic heterocycles. The third kappa shape index (κ3) is 4.67. The van der Waals surface area contributed by atoms with Crippen molar-refractivity contribution in [2.45, 2.75) is 52.4 Å². The number of fused-ring (bicyclic) bond motifs is 3. The van der Waals surface area contributed by atoms with Crippen LogP contribution in [0.15, 0.2) is 91.1 Å². The Morgan fingerprint density at radius 2 is 1.50 bits per heavy atom. The summed E-state index contributed by atoms with van der Waals surface area (Å²) >= 11 is 0. The fraction of sp³-hybridized carbons (Fsp3) is 0.250. The van der Waals surface area contributed by atoms with Gasteiger partial charge in [0.1, 0.15) is 5.65 Å². The second kappa shape index (κ2) is 10.4. The van der Waals surface area contributed by atoms with Gasteiger partial charge in [0.05, 0.1) is 19.2 Å². The number of aromatic nitrogens is 2. The zero-order valence-corrected chi connectivity index (χ0v) is 29.7. The van der Waals surface area contributed by atoms with Crippen molar-refractivity contribution in [2.75, 3.05) is 13.7 Å². The second-order valence-electron chi connectivity index (χ2n) is 14.9. The Morgan fingerprint density at radius 3 is 2.26 bits per heavy atom. The van der Waals surface area contributed by atoms with Crippen molar-refractivity contribution in [3.05, 3.63) is 121 Å². The minimum Gasteiger partial charge on any atom is -0.509 e. The van der Waals surface area contributed by atoms with Crippen molar-refractivity contribution >= 4 is 39.0 Å². The van der Waals surface area contributed by atoms with E-state index in [1.807, 2.05) is 24.4 Å². The third-order valence-corrected chi connectivity index (χ3v) is 9.56. The molecule has 236 valence electrons. The van der Waals surface area contributed by atoms with Gasteiger partial charge in [-0.3, -0.25) is 0 Å². The van der Waals surface area contributed by atoms with Crippen molar-refractivity contribution in [1.29, 1.82) is 0 Å². The van der Waals surface area contributed by atoms with E-state index in [4.69, 9.17) is 9.72 Å². The molecule has 46 heavy (non-hydrogen) atoms. The zero-order valence-electron chi connectivity index (χ0n) is 27.5. The predicted octanol–water partition coefficient (Wildman–Crippen LogP) is 9.84. The first-order valence-electron chi connectivity index (χ1n) is 15.7. The summed E-state index contributed by atoms with van der Waals surface area (Å²) in [5.74, 6) is 1.35. The van der Waals surface area contributed by atoms with Gasteiger partial charge in [-0.1, -0.05) is 77.6 Å². The smallest absolute Gasteiger partial charge is 0.179 e. The topological polar surface area (TPSA) is 27.1 Å². The maximum atomic E-state index is 6.64. The van der Waals surface area contributed by atoms with Crippen molar-refractivity contribution in [1.82, 2.24) is 18.5 Å². The summed E-state index contributed by atoms with van der Waals surface area (Å²) in [6.07, 6.45) is 1.84. The number of rotatable bonds is 4. The summed E-state index contributed by atoms with van der Waals surface area (Å²) in [4.78, 5) is 4.75. The van der Waals surface area contributed by atoms with Crippen LogP contribution < -0.4 is 13.7 Å². The zero-order chi connectivity index (χ0) is 31.4. The Labute approximate surface area is 286 Å². The number of ether oxygens (including phenoxy) is 1. The standard InChI is InChI=1S/C40H39N4O.Pt/c1-39(2,3)27-17-18-36-37(22-27)43(7)25-44(36,26-43)30-20-28(40(4,5)6)21-32(24-30)45-31-13-10-12-29(23-31)42-35-16-9-8-14-33(35)34-15-11-19-41-38(34)42;/h8-22,25H,26H2,1-7H3;/q-1;/t43-,44+;/m0./s1. The molecule has 1 fully saturated rings. The van der Waals surface area contributed by atoms with Crippen LogP contribution in [0.25, 0.3) is 27.6 Å². The van der Waals surface area contributed by atoms with Gasteiger partial charge in [0.15, 0.2) is 18.0 Å². The summed E-state index contributed by atoms with van der Waals surface area (Å²) in [5.41, 5.74) is 9.31. The van der Waals surface area contributed by atoms with Crippen LogP contribution in [-0.4, -0.2) is 23.3 Å². The summed E-state index contributed by atoms with van der Waals surface area (Å²) < 4.78 is 10.3. The molecular formula is C40H39N4OPt-. The second-order valence-corrected chi connectivity index (χ2v) is 14.9. The largest absolute Gasteiger partial charge is 0.509 e. The fourth-order valence-electron chi connectivity index (χ4n) is 7.17. The number of para-hydroxylation sites is 1. The van der Waals surface area contributed by atoms with Crippen LogP contribution >= 0.6 is 0 Å². The van der Waals surface area contributed by atoms with Crippen LogP contribution in [0.2, 0.25) is 0 Å². The van der Waals surface area contributed by atoms with Gasteiger partial charge in [0.25, 0.3) is 0 Å². The van der Waals surface area contributed by atoms with Gasteiger partial charge >= 0.3 is 0 Å². The van der Waals surface area contributed by atoms with Crippen molar-refractivity contribution in [2.24, 2.45) is 0 Å². The Balaban J connectivity index is 0.00000338. The van der Waals surface area contributed by atoms with E-state index in [2.05, 4.69) is 139 Å². The maximum absolute atomic E-state index is 6.64. The number of hydrogen-bond donors (Lipinski definition) is 0. The third-order valence-electron chi connectivity index (χ3n) is 9.56. The monoisotopic (exact) mass is 786 g/mol. The Kier molecular flexibility index (Phi) is 6.96. The number of hydrogen-bond acceptors (Lipinski definition) is 2. The van der Waals surface area contributed by atoms with Crippen molar-refractivity contribution in [3.63, 3.8) is 0 Å². The van der Waals surface area contributed by atoms with E-state index in [0.717, 1.165) is 39.1 Å². The first kappa shape index (κ1) is 30.9. The molecule has 0 saturated carbocycles. The molecule has 5 heterocycles. The van der Waals surface area contributed by atoms with E-state index >= 15 is 0 Å². The molecule has 0 radical (unpaired) electrons. The van der Waals surface area contributed by atoms with Crippen molar-refractivity contribution < 1.29 is 25.8 Å². The first-order chi connectivity index (χ1) is 21.4. The van der Waals surface area contributed by atoms with E-state index < -0.39 is 0 Å². The minimum absolute atomic E-state index is 0. The molecule has 5 nitrogen and oxygen atoms in total. The van der Waals surface area contributed by atoms with Gasteiger partial charge in [-0.05, 0) is 34.6 Å². The molecule has 9 rings (SSSR count). The van der Waals surface area contributed by atoms with Gasteiger partial charge in [0, 0.05) is 67.4 Å². The molecule has 3 aliphatic rings. The summed E-state index contributed by atoms with van der Waals surface area (Å²) in [7, 11) is 2.31. The number of nitrogens with zero attached hydrogens (tertiary/aromatic N) is 4. The van der Waals surface area contributed by atoms with E-state index in [9.17, 15) is 0 Å². The molecule has 0 unspecified atom stereocenters. The van der Waals surface area contributed by atoms with Crippen molar-refractivity contribution in [3.8, 4) is 17.2 Å². The van der Waals surface area contributed by atoms with Crippen LogP contribution in [-0.2, 0) is 31.9 Å². The molecule has 2 atom stereocenters. The molecule has 0 spiro atoms. The number of benzene rings is 4. The van der Waals surface area contributed by atoms with Crippen LogP contribution in [0.4, 0.5) is 17.1 Å². The molecule has 1 saturated heterocycles. The molecule has 2 bridgehead atoms. The molecule has 6 aromatic rings. The SMILES string of the molecule is CC(C)(C)c1cc(Oc2[c-]c(-n3c4ccccc4c4cccnc43)ccc2)[c-]c([N@@+]23[CH-][N@@+](C)(C2)c2cc(C(C)(C)C)ccc23)c1.[Pt]. The molecule has 0 N–H and O–H groups in total.